The highest BCUT2D eigenvalue weighted by molar-refractivity contribution is 5.94. The number of hydrogen-bond donors (Lipinski definition) is 2. The predicted molar refractivity (Wildman–Crippen MR) is 83.0 cm³/mol. The van der Waals surface area contributed by atoms with Crippen LogP contribution in [0.1, 0.15) is 19.3 Å². The Morgan fingerprint density at radius 3 is 2.81 bits per heavy atom. The number of hydrogen-bond acceptors (Lipinski definition) is 4. The van der Waals surface area contributed by atoms with Gasteiger partial charge in [0.1, 0.15) is 0 Å². The van der Waals surface area contributed by atoms with Gasteiger partial charge in [-0.1, -0.05) is 0 Å². The Morgan fingerprint density at radius 2 is 2.00 bits per heavy atom. The first kappa shape index (κ1) is 14.0. The van der Waals surface area contributed by atoms with Crippen molar-refractivity contribution in [3.05, 3.63) is 18.2 Å². The van der Waals surface area contributed by atoms with Crippen molar-refractivity contribution >= 4 is 11.6 Å². The van der Waals surface area contributed by atoms with Crippen LogP contribution in [0.15, 0.2) is 23.2 Å². The van der Waals surface area contributed by atoms with Crippen LogP contribution in [-0.4, -0.2) is 43.8 Å². The van der Waals surface area contributed by atoms with E-state index < -0.39 is 0 Å². The lowest BCUT2D eigenvalue weighted by Crippen LogP contribution is -2.40. The number of nitrogens with zero attached hydrogens (tertiary/aromatic N) is 2. The van der Waals surface area contributed by atoms with Gasteiger partial charge in [0.15, 0.2) is 17.5 Å². The molecule has 0 aromatic heterocycles. The smallest absolute Gasteiger partial charge is 0.231 e. The van der Waals surface area contributed by atoms with E-state index in [9.17, 15) is 0 Å². The third-order valence-electron chi connectivity index (χ3n) is 3.67. The second-order valence-electron chi connectivity index (χ2n) is 5.23. The minimum atomic E-state index is 0.291. The van der Waals surface area contributed by atoms with Crippen molar-refractivity contribution in [2.45, 2.75) is 19.3 Å². The first-order valence-corrected chi connectivity index (χ1v) is 7.53. The van der Waals surface area contributed by atoms with E-state index in [1.807, 2.05) is 18.2 Å². The second-order valence-corrected chi connectivity index (χ2v) is 5.23. The summed E-state index contributed by atoms with van der Waals surface area (Å²) in [5.41, 5.74) is 6.54. The molecular formula is C15H22N4O2. The van der Waals surface area contributed by atoms with Gasteiger partial charge in [0.25, 0.3) is 0 Å². The van der Waals surface area contributed by atoms with Gasteiger partial charge in [-0.05, 0) is 31.4 Å². The topological polar surface area (TPSA) is 72.1 Å². The van der Waals surface area contributed by atoms with Gasteiger partial charge in [0.05, 0.1) is 6.54 Å². The maximum atomic E-state index is 5.58. The van der Waals surface area contributed by atoms with Crippen molar-refractivity contribution in [3.8, 4) is 11.5 Å². The third kappa shape index (κ3) is 3.39. The van der Waals surface area contributed by atoms with Crippen molar-refractivity contribution < 1.29 is 9.47 Å². The fourth-order valence-electron chi connectivity index (χ4n) is 2.60. The molecule has 1 aromatic carbocycles. The Hall–Kier alpha value is -1.95. The Balaban J connectivity index is 1.74. The molecular weight excluding hydrogens is 268 g/mol. The standard InChI is InChI=1S/C15H22N4O2/c16-6-7-17-15(19-8-2-1-3-9-19)18-12-4-5-13-14(10-12)21-11-20-13/h4-5,10H,1-3,6-9,11,16H2,(H,17,18). The molecule has 6 nitrogen and oxygen atoms in total. The molecule has 114 valence electrons. The van der Waals surface area contributed by atoms with E-state index in [1.54, 1.807) is 0 Å². The molecule has 2 heterocycles. The molecule has 0 saturated carbocycles. The minimum absolute atomic E-state index is 0.291. The number of rotatable bonds is 3. The highest BCUT2D eigenvalue weighted by atomic mass is 16.7. The summed E-state index contributed by atoms with van der Waals surface area (Å²) in [4.78, 5) is 6.88. The van der Waals surface area contributed by atoms with Crippen molar-refractivity contribution in [2.24, 2.45) is 10.7 Å². The van der Waals surface area contributed by atoms with Gasteiger partial charge in [0, 0.05) is 31.4 Å². The molecule has 21 heavy (non-hydrogen) atoms. The van der Waals surface area contributed by atoms with Gasteiger partial charge in [0.2, 0.25) is 6.79 Å². The van der Waals surface area contributed by atoms with E-state index >= 15 is 0 Å². The van der Waals surface area contributed by atoms with E-state index in [0.717, 1.165) is 36.2 Å². The van der Waals surface area contributed by atoms with Gasteiger partial charge in [-0.3, -0.25) is 4.99 Å². The number of guanidine groups is 1. The van der Waals surface area contributed by atoms with Gasteiger partial charge in [-0.15, -0.1) is 0 Å². The van der Waals surface area contributed by atoms with E-state index in [1.165, 1.54) is 19.3 Å². The lowest BCUT2D eigenvalue weighted by atomic mass is 10.1. The molecule has 2 aliphatic heterocycles. The van der Waals surface area contributed by atoms with Crippen LogP contribution in [0.2, 0.25) is 0 Å². The Kier molecular flexibility index (Phi) is 4.45. The van der Waals surface area contributed by atoms with Gasteiger partial charge < -0.3 is 25.4 Å². The fourth-order valence-corrected chi connectivity index (χ4v) is 2.60. The highest BCUT2D eigenvalue weighted by Gasteiger charge is 2.17. The summed E-state index contributed by atoms with van der Waals surface area (Å²) in [6.07, 6.45) is 3.72. The van der Waals surface area contributed by atoms with Crippen molar-refractivity contribution in [3.63, 3.8) is 0 Å². The average Bonchev–Trinajstić information content (AvgIpc) is 3.00. The summed E-state index contributed by atoms with van der Waals surface area (Å²) in [5.74, 6) is 2.47. The minimum Gasteiger partial charge on any atom is -0.454 e. The molecule has 1 saturated heterocycles. The molecule has 0 amide bonds. The number of likely N-dealkylation sites (tertiary alicyclic amines) is 1. The lowest BCUT2D eigenvalue weighted by molar-refractivity contribution is 0.174. The highest BCUT2D eigenvalue weighted by Crippen LogP contribution is 2.34. The molecule has 3 N–H and O–H groups in total. The summed E-state index contributed by atoms with van der Waals surface area (Å²) in [7, 11) is 0. The number of nitrogens with one attached hydrogen (secondary N) is 1. The molecule has 0 radical (unpaired) electrons. The number of nitrogens with two attached hydrogens (primary N) is 1. The number of piperidine rings is 1. The number of benzene rings is 1. The summed E-state index contributed by atoms with van der Waals surface area (Å²) in [6.45, 7) is 3.56. The number of anilines is 1. The Labute approximate surface area is 124 Å². The molecule has 6 heteroatoms. The number of fused-ring (bicyclic) bond motifs is 1. The molecule has 0 bridgehead atoms. The van der Waals surface area contributed by atoms with Crippen LogP contribution in [0.3, 0.4) is 0 Å². The van der Waals surface area contributed by atoms with Crippen LogP contribution in [0.5, 0.6) is 11.5 Å². The normalized spacial score (nSPS) is 18.0. The van der Waals surface area contributed by atoms with Crippen molar-refractivity contribution in [1.82, 2.24) is 4.90 Å². The summed E-state index contributed by atoms with van der Waals surface area (Å²) in [6, 6.07) is 5.85. The molecule has 0 unspecified atom stereocenters. The maximum Gasteiger partial charge on any atom is 0.231 e. The Morgan fingerprint density at radius 1 is 1.19 bits per heavy atom. The molecule has 3 rings (SSSR count). The van der Waals surface area contributed by atoms with Crippen LogP contribution >= 0.6 is 0 Å². The molecule has 0 atom stereocenters. The van der Waals surface area contributed by atoms with Crippen LogP contribution in [0, 0.1) is 0 Å². The zero-order valence-corrected chi connectivity index (χ0v) is 12.2. The maximum absolute atomic E-state index is 5.58. The first-order valence-electron chi connectivity index (χ1n) is 7.53. The fraction of sp³-hybridized carbons (Fsp3) is 0.533. The van der Waals surface area contributed by atoms with Gasteiger partial charge in [-0.25, -0.2) is 0 Å². The SMILES string of the molecule is NCCN=C(Nc1ccc2c(c1)OCO2)N1CCCCC1. The van der Waals surface area contributed by atoms with Crippen molar-refractivity contribution in [2.75, 3.05) is 38.3 Å². The average molecular weight is 290 g/mol. The lowest BCUT2D eigenvalue weighted by Gasteiger charge is -2.30. The summed E-state index contributed by atoms with van der Waals surface area (Å²) < 4.78 is 10.7. The van der Waals surface area contributed by atoms with E-state index in [0.29, 0.717) is 19.9 Å². The van der Waals surface area contributed by atoms with Gasteiger partial charge >= 0.3 is 0 Å². The van der Waals surface area contributed by atoms with Gasteiger partial charge in [-0.2, -0.15) is 0 Å². The first-order chi connectivity index (χ1) is 10.4. The van der Waals surface area contributed by atoms with E-state index in [-0.39, 0.29) is 0 Å². The Bertz CT molecular complexity index is 512. The summed E-state index contributed by atoms with van der Waals surface area (Å²) >= 11 is 0. The van der Waals surface area contributed by atoms with E-state index in [2.05, 4.69) is 15.2 Å². The van der Waals surface area contributed by atoms with E-state index in [4.69, 9.17) is 15.2 Å². The zero-order valence-electron chi connectivity index (χ0n) is 12.2. The van der Waals surface area contributed by atoms with Crippen LogP contribution in [0.25, 0.3) is 0 Å². The molecule has 0 aliphatic carbocycles. The predicted octanol–water partition coefficient (Wildman–Crippen LogP) is 1.63. The van der Waals surface area contributed by atoms with Crippen LogP contribution < -0.4 is 20.5 Å². The quantitative estimate of drug-likeness (QED) is 0.654. The zero-order chi connectivity index (χ0) is 14.5. The molecule has 1 aromatic rings. The van der Waals surface area contributed by atoms with Crippen LogP contribution in [0.4, 0.5) is 5.69 Å². The largest absolute Gasteiger partial charge is 0.454 e. The summed E-state index contributed by atoms with van der Waals surface area (Å²) in [5, 5.41) is 3.40. The molecule has 0 spiro atoms. The van der Waals surface area contributed by atoms with Crippen molar-refractivity contribution in [1.29, 1.82) is 0 Å². The monoisotopic (exact) mass is 290 g/mol. The third-order valence-corrected chi connectivity index (χ3v) is 3.67. The number of ether oxygens (including phenoxy) is 2. The van der Waals surface area contributed by atoms with Crippen LogP contribution in [-0.2, 0) is 0 Å². The number of aliphatic imine (C=N–C) groups is 1. The molecule has 2 aliphatic rings. The molecule has 1 fully saturated rings. The second kappa shape index (κ2) is 6.67.